The number of aliphatic carboxylic acids is 1. The molecule has 0 fully saturated rings. The van der Waals surface area contributed by atoms with Gasteiger partial charge in [0.05, 0.1) is 0 Å². The zero-order chi connectivity index (χ0) is 7.98. The van der Waals surface area contributed by atoms with E-state index in [1.165, 1.54) is 0 Å². The van der Waals surface area contributed by atoms with E-state index in [-0.39, 0.29) is 28.1 Å². The summed E-state index contributed by atoms with van der Waals surface area (Å²) in [6.07, 6.45) is 0.964. The van der Waals surface area contributed by atoms with Crippen LogP contribution in [0.1, 0.15) is 19.8 Å². The fraction of sp³-hybridized carbons (Fsp3) is 0.667. The van der Waals surface area contributed by atoms with Crippen LogP contribution in [-0.2, 0) is 36.0 Å². The second-order valence-electron chi connectivity index (χ2n) is 1.80. The van der Waals surface area contributed by atoms with E-state index in [1.54, 1.807) is 0 Å². The van der Waals surface area contributed by atoms with Gasteiger partial charge in [-0.3, -0.25) is 4.79 Å². The fourth-order valence-electron chi connectivity index (χ4n) is 0.419. The summed E-state index contributed by atoms with van der Waals surface area (Å²) in [5, 5.41) is 8.05. The van der Waals surface area contributed by atoms with Crippen molar-refractivity contribution in [1.29, 1.82) is 0 Å². The van der Waals surface area contributed by atoms with Crippen molar-refractivity contribution in [1.82, 2.24) is 0 Å². The van der Waals surface area contributed by atoms with Gasteiger partial charge in [-0.05, 0) is 6.42 Å². The normalized spacial score (nSPS) is 8.09. The summed E-state index contributed by atoms with van der Waals surface area (Å²) in [7, 11) is 0. The van der Waals surface area contributed by atoms with Gasteiger partial charge in [0.15, 0.2) is 6.61 Å². The Bertz CT molecular complexity index is 135. The Hall–Kier alpha value is -0.346. The van der Waals surface area contributed by atoms with Crippen molar-refractivity contribution in [2.24, 2.45) is 0 Å². The first-order chi connectivity index (χ1) is 4.66. The quantitative estimate of drug-likeness (QED) is 0.520. The van der Waals surface area contributed by atoms with Crippen molar-refractivity contribution in [3.05, 3.63) is 0 Å². The van der Waals surface area contributed by atoms with Crippen LogP contribution >= 0.6 is 0 Å². The maximum Gasteiger partial charge on any atom is 0.341 e. The molecule has 0 bridgehead atoms. The van der Waals surface area contributed by atoms with E-state index < -0.39 is 18.5 Å². The molecule has 1 N–H and O–H groups in total. The number of rotatable bonds is 4. The number of carbonyl (C=O) groups excluding carboxylic acids is 1. The molecule has 0 saturated heterocycles. The van der Waals surface area contributed by atoms with E-state index in [0.717, 1.165) is 0 Å². The molecule has 0 radical (unpaired) electrons. The number of carboxylic acids is 1. The second-order valence-corrected chi connectivity index (χ2v) is 1.80. The van der Waals surface area contributed by atoms with Crippen LogP contribution in [0.2, 0.25) is 0 Å². The van der Waals surface area contributed by atoms with Crippen molar-refractivity contribution in [2.75, 3.05) is 6.61 Å². The van der Waals surface area contributed by atoms with Gasteiger partial charge in [0.1, 0.15) is 0 Å². The van der Waals surface area contributed by atoms with Crippen molar-refractivity contribution in [3.8, 4) is 0 Å². The van der Waals surface area contributed by atoms with Crippen molar-refractivity contribution >= 4 is 11.9 Å². The van der Waals surface area contributed by atoms with Crippen LogP contribution in [0.15, 0.2) is 0 Å². The molecule has 0 aromatic rings. The van der Waals surface area contributed by atoms with Crippen LogP contribution in [0.25, 0.3) is 0 Å². The van der Waals surface area contributed by atoms with Gasteiger partial charge in [-0.1, -0.05) is 6.92 Å². The van der Waals surface area contributed by atoms with Crippen LogP contribution in [0.4, 0.5) is 0 Å². The van der Waals surface area contributed by atoms with Gasteiger partial charge in [0.25, 0.3) is 0 Å². The largest absolute Gasteiger partial charge is 0.479 e. The Labute approximate surface area is 79.8 Å². The molecule has 4 nitrogen and oxygen atoms in total. The van der Waals surface area contributed by atoms with Crippen molar-refractivity contribution in [3.63, 3.8) is 0 Å². The summed E-state index contributed by atoms with van der Waals surface area (Å²) in [5.41, 5.74) is 0. The molecule has 0 rings (SSSR count). The molecule has 0 aliphatic carbocycles. The molecule has 0 atom stereocenters. The summed E-state index contributed by atoms with van der Waals surface area (Å²) in [4.78, 5) is 20.3. The summed E-state index contributed by atoms with van der Waals surface area (Å²) in [5.74, 6) is -1.57. The van der Waals surface area contributed by atoms with E-state index in [2.05, 4.69) is 4.74 Å². The van der Waals surface area contributed by atoms with Crippen LogP contribution in [0.3, 0.4) is 0 Å². The molecule has 0 aromatic carbocycles. The molecule has 62 valence electrons. The molecular formula is C6H10O4Ti. The molecular weight excluding hydrogens is 184 g/mol. The SMILES string of the molecule is CCCC(=O)OCC(=O)O.[Ti]. The van der Waals surface area contributed by atoms with Gasteiger partial charge in [0, 0.05) is 28.1 Å². The number of hydrogen-bond donors (Lipinski definition) is 1. The minimum absolute atomic E-state index is 0. The topological polar surface area (TPSA) is 63.6 Å². The van der Waals surface area contributed by atoms with Crippen molar-refractivity contribution in [2.45, 2.75) is 19.8 Å². The third-order valence-corrected chi connectivity index (χ3v) is 0.811. The number of esters is 1. The van der Waals surface area contributed by atoms with Crippen LogP contribution in [0, 0.1) is 0 Å². The molecule has 0 amide bonds. The van der Waals surface area contributed by atoms with Gasteiger partial charge >= 0.3 is 11.9 Å². The average molecular weight is 194 g/mol. The molecule has 5 heteroatoms. The second kappa shape index (κ2) is 7.76. The standard InChI is InChI=1S/C6H10O4.Ti/c1-2-3-6(9)10-4-5(7)8;/h2-4H2,1H3,(H,7,8);. The molecule has 0 aliphatic heterocycles. The average Bonchev–Trinajstić information content (AvgIpc) is 1.85. The first kappa shape index (κ1) is 13.3. The van der Waals surface area contributed by atoms with Crippen LogP contribution in [0.5, 0.6) is 0 Å². The van der Waals surface area contributed by atoms with Crippen molar-refractivity contribution < 1.29 is 41.2 Å². The summed E-state index contributed by atoms with van der Waals surface area (Å²) in [6, 6.07) is 0. The molecule has 0 unspecified atom stereocenters. The van der Waals surface area contributed by atoms with Gasteiger partial charge in [-0.25, -0.2) is 4.79 Å². The first-order valence-corrected chi connectivity index (χ1v) is 3.04. The Morgan fingerprint density at radius 3 is 2.36 bits per heavy atom. The van der Waals surface area contributed by atoms with Gasteiger partial charge < -0.3 is 9.84 Å². The van der Waals surface area contributed by atoms with Gasteiger partial charge in [-0.2, -0.15) is 0 Å². The molecule has 11 heavy (non-hydrogen) atoms. The molecule has 0 heterocycles. The summed E-state index contributed by atoms with van der Waals surface area (Å²) in [6.45, 7) is 1.29. The van der Waals surface area contributed by atoms with Gasteiger partial charge in [-0.15, -0.1) is 0 Å². The van der Waals surface area contributed by atoms with E-state index in [9.17, 15) is 9.59 Å². The fourth-order valence-corrected chi connectivity index (χ4v) is 0.419. The third-order valence-electron chi connectivity index (χ3n) is 0.811. The number of carboxylic acid groups (broad SMARTS) is 1. The third kappa shape index (κ3) is 9.65. The Morgan fingerprint density at radius 2 is 2.00 bits per heavy atom. The smallest absolute Gasteiger partial charge is 0.341 e. The summed E-state index contributed by atoms with van der Waals surface area (Å²) >= 11 is 0. The predicted molar refractivity (Wildman–Crippen MR) is 33.5 cm³/mol. The summed E-state index contributed by atoms with van der Waals surface area (Å²) < 4.78 is 4.31. The van der Waals surface area contributed by atoms with Crippen LogP contribution < -0.4 is 0 Å². The first-order valence-electron chi connectivity index (χ1n) is 3.04. The molecule has 0 aliphatic rings. The van der Waals surface area contributed by atoms with E-state index >= 15 is 0 Å². The van der Waals surface area contributed by atoms with E-state index in [4.69, 9.17) is 5.11 Å². The maximum absolute atomic E-state index is 10.5. The van der Waals surface area contributed by atoms with Crippen LogP contribution in [-0.4, -0.2) is 23.7 Å². The molecule has 0 saturated carbocycles. The Morgan fingerprint density at radius 1 is 1.45 bits per heavy atom. The predicted octanol–water partition coefficient (Wildman–Crippen LogP) is 0.412. The van der Waals surface area contributed by atoms with Gasteiger partial charge in [0.2, 0.25) is 0 Å². The zero-order valence-corrected chi connectivity index (χ0v) is 7.85. The number of ether oxygens (including phenoxy) is 1. The number of carbonyl (C=O) groups is 2. The minimum atomic E-state index is -1.12. The molecule has 0 aromatic heterocycles. The zero-order valence-electron chi connectivity index (χ0n) is 6.29. The van der Waals surface area contributed by atoms with E-state index in [1.807, 2.05) is 6.92 Å². The minimum Gasteiger partial charge on any atom is -0.479 e. The maximum atomic E-state index is 10.5. The monoisotopic (exact) mass is 194 g/mol. The number of hydrogen-bond acceptors (Lipinski definition) is 3. The van der Waals surface area contributed by atoms with E-state index in [0.29, 0.717) is 6.42 Å². The molecule has 0 spiro atoms. The Kier molecular flexibility index (Phi) is 9.35. The Balaban J connectivity index is 0.